The molecule has 161 valence electrons. The molecular weight excluding hydrogens is 394 g/mol. The normalized spacial score (nSPS) is 25.0. The van der Waals surface area contributed by atoms with Gasteiger partial charge in [0.15, 0.2) is 0 Å². The van der Waals surface area contributed by atoms with Gasteiger partial charge in [0.1, 0.15) is 5.76 Å². The molecule has 0 N–H and O–H groups in total. The lowest BCUT2D eigenvalue weighted by molar-refractivity contribution is -0.422. The predicted molar refractivity (Wildman–Crippen MR) is 105 cm³/mol. The van der Waals surface area contributed by atoms with Crippen LogP contribution in [0.3, 0.4) is 0 Å². The van der Waals surface area contributed by atoms with Crippen LogP contribution in [0.15, 0.2) is 29.5 Å². The van der Waals surface area contributed by atoms with Gasteiger partial charge in [-0.05, 0) is 50.7 Å². The highest BCUT2D eigenvalue weighted by molar-refractivity contribution is 5.91. The van der Waals surface area contributed by atoms with Crippen molar-refractivity contribution in [1.82, 2.24) is 5.06 Å². The van der Waals surface area contributed by atoms with Crippen LogP contribution in [-0.4, -0.2) is 32.0 Å². The minimum atomic E-state index is -0.910. The van der Waals surface area contributed by atoms with E-state index in [1.807, 2.05) is 34.6 Å². The van der Waals surface area contributed by atoms with Gasteiger partial charge in [-0.3, -0.25) is 20.2 Å². The van der Waals surface area contributed by atoms with Gasteiger partial charge in [-0.15, -0.1) is 10.3 Å². The molecule has 2 aliphatic rings. The van der Waals surface area contributed by atoms with E-state index in [1.54, 1.807) is 0 Å². The zero-order valence-corrected chi connectivity index (χ0v) is 17.6. The number of nitro groups is 2. The molecule has 0 bridgehead atoms. The Morgan fingerprint density at radius 3 is 2.20 bits per heavy atom. The monoisotopic (exact) mass is 418 g/mol. The molecule has 10 heteroatoms. The maximum absolute atomic E-state index is 13.0. The van der Waals surface area contributed by atoms with Crippen LogP contribution >= 0.6 is 0 Å². The van der Waals surface area contributed by atoms with Crippen LogP contribution in [0.25, 0.3) is 0 Å². The molecule has 30 heavy (non-hydrogen) atoms. The first-order valence-electron chi connectivity index (χ1n) is 9.53. The van der Waals surface area contributed by atoms with Crippen molar-refractivity contribution in [3.05, 3.63) is 55.3 Å². The molecule has 1 saturated heterocycles. The minimum absolute atomic E-state index is 0.165. The molecule has 10 nitrogen and oxygen atoms in total. The Morgan fingerprint density at radius 2 is 1.63 bits per heavy atom. The molecule has 1 radical (unpaired) electrons. The first-order valence-corrected chi connectivity index (χ1v) is 9.53. The Morgan fingerprint density at radius 1 is 1.03 bits per heavy atom. The van der Waals surface area contributed by atoms with E-state index in [9.17, 15) is 30.2 Å². The number of rotatable bonds is 4. The Bertz CT molecular complexity index is 983. The topological polar surface area (TPSA) is 136 Å². The molecule has 1 aromatic rings. The number of nitro benzene ring substituents is 2. The molecule has 1 fully saturated rings. The molecule has 1 aromatic carbocycles. The van der Waals surface area contributed by atoms with E-state index in [-0.39, 0.29) is 11.0 Å². The van der Waals surface area contributed by atoms with Gasteiger partial charge in [-0.25, -0.2) is 4.79 Å². The predicted octanol–water partition coefficient (Wildman–Crippen LogP) is 4.32. The summed E-state index contributed by atoms with van der Waals surface area (Å²) in [4.78, 5) is 33.2. The third-order valence-corrected chi connectivity index (χ3v) is 5.88. The van der Waals surface area contributed by atoms with Crippen LogP contribution in [0, 0.1) is 25.6 Å². The van der Waals surface area contributed by atoms with Crippen molar-refractivity contribution in [3.63, 3.8) is 0 Å². The fraction of sp³-hybridized carbons (Fsp3) is 0.550. The van der Waals surface area contributed by atoms with Crippen molar-refractivity contribution in [3.8, 4) is 0 Å². The SMILES string of the molecule is CC1(C)CC(OC(=O)c2ccc([N+](=O)[O-])c([N+](=O)[O-])c2)=C2CC(C)(C)N([O])C2(C)C1. The van der Waals surface area contributed by atoms with Crippen molar-refractivity contribution in [2.24, 2.45) is 5.41 Å². The van der Waals surface area contributed by atoms with E-state index in [0.29, 0.717) is 25.0 Å². The highest BCUT2D eigenvalue weighted by Crippen LogP contribution is 2.55. The largest absolute Gasteiger partial charge is 0.427 e. The number of carbonyl (C=O) groups excluding carboxylic acids is 1. The molecule has 0 saturated carbocycles. The highest BCUT2D eigenvalue weighted by Gasteiger charge is 2.57. The number of ether oxygens (including phenoxy) is 1. The number of nitrogens with zero attached hydrogens (tertiary/aromatic N) is 3. The van der Waals surface area contributed by atoms with Gasteiger partial charge in [0.2, 0.25) is 0 Å². The Hall–Kier alpha value is -2.85. The summed E-state index contributed by atoms with van der Waals surface area (Å²) in [6.07, 6.45) is 1.47. The summed E-state index contributed by atoms with van der Waals surface area (Å²) in [5.41, 5.74) is -2.68. The Balaban J connectivity index is 2.01. The standard InChI is InChI=1S/C20H24N3O7/c1-18(2)10-16(13-9-19(3,4)23(29)20(13,5)11-18)30-17(24)12-6-7-14(21(25)26)15(8-12)22(27)28/h6-8H,9-11H2,1-5H3. The molecule has 1 aliphatic carbocycles. The molecule has 1 heterocycles. The lowest BCUT2D eigenvalue weighted by Gasteiger charge is -2.44. The first kappa shape index (κ1) is 21.8. The van der Waals surface area contributed by atoms with Crippen molar-refractivity contribution < 1.29 is 24.6 Å². The van der Waals surface area contributed by atoms with E-state index in [4.69, 9.17) is 4.74 Å². The number of esters is 1. The van der Waals surface area contributed by atoms with Crippen molar-refractivity contribution in [2.75, 3.05) is 0 Å². The molecule has 1 aliphatic heterocycles. The molecule has 0 spiro atoms. The fourth-order valence-electron chi connectivity index (χ4n) is 4.82. The van der Waals surface area contributed by atoms with E-state index in [2.05, 4.69) is 0 Å². The van der Waals surface area contributed by atoms with Gasteiger partial charge in [-0.2, -0.15) is 0 Å². The second-order valence-corrected chi connectivity index (χ2v) is 9.58. The fourth-order valence-corrected chi connectivity index (χ4v) is 4.82. The van der Waals surface area contributed by atoms with E-state index in [1.165, 1.54) is 0 Å². The number of hydrogen-bond acceptors (Lipinski definition) is 7. The quantitative estimate of drug-likeness (QED) is 0.403. The summed E-state index contributed by atoms with van der Waals surface area (Å²) in [6.45, 7) is 9.48. The van der Waals surface area contributed by atoms with Crippen molar-refractivity contribution in [1.29, 1.82) is 0 Å². The second-order valence-electron chi connectivity index (χ2n) is 9.58. The zero-order valence-electron chi connectivity index (χ0n) is 17.6. The molecule has 0 aromatic heterocycles. The van der Waals surface area contributed by atoms with Crippen LogP contribution in [-0.2, 0) is 9.94 Å². The van der Waals surface area contributed by atoms with Gasteiger partial charge in [0, 0.05) is 24.1 Å². The summed E-state index contributed by atoms with van der Waals surface area (Å²) in [6, 6.07) is 2.89. The molecule has 0 amide bonds. The van der Waals surface area contributed by atoms with Gasteiger partial charge in [0.25, 0.3) is 0 Å². The third-order valence-electron chi connectivity index (χ3n) is 5.88. The zero-order chi connectivity index (χ0) is 22.6. The van der Waals surface area contributed by atoms with Crippen LogP contribution in [0.1, 0.15) is 64.2 Å². The summed E-state index contributed by atoms with van der Waals surface area (Å²) in [5.74, 6) is -0.455. The molecule has 3 rings (SSSR count). The minimum Gasteiger partial charge on any atom is -0.427 e. The summed E-state index contributed by atoms with van der Waals surface area (Å²) in [5, 5.41) is 36.2. The summed E-state index contributed by atoms with van der Waals surface area (Å²) < 4.78 is 5.65. The average Bonchev–Trinajstić information content (AvgIpc) is 2.79. The highest BCUT2D eigenvalue weighted by atomic mass is 16.6. The van der Waals surface area contributed by atoms with Crippen LogP contribution in [0.4, 0.5) is 11.4 Å². The Kier molecular flexibility index (Phi) is 4.99. The summed E-state index contributed by atoms with van der Waals surface area (Å²) >= 11 is 0. The maximum Gasteiger partial charge on any atom is 0.346 e. The number of fused-ring (bicyclic) bond motifs is 1. The van der Waals surface area contributed by atoms with Gasteiger partial charge in [0.05, 0.1) is 20.9 Å². The van der Waals surface area contributed by atoms with Crippen LogP contribution in [0.5, 0.6) is 0 Å². The number of benzene rings is 1. The van der Waals surface area contributed by atoms with Gasteiger partial charge < -0.3 is 4.74 Å². The second kappa shape index (κ2) is 6.85. The smallest absolute Gasteiger partial charge is 0.346 e. The van der Waals surface area contributed by atoms with Crippen molar-refractivity contribution >= 4 is 17.3 Å². The number of hydrogen-bond donors (Lipinski definition) is 0. The lowest BCUT2D eigenvalue weighted by atomic mass is 9.68. The van der Waals surface area contributed by atoms with Crippen LogP contribution < -0.4 is 0 Å². The van der Waals surface area contributed by atoms with E-state index in [0.717, 1.165) is 28.8 Å². The van der Waals surface area contributed by atoms with Crippen molar-refractivity contribution in [2.45, 2.75) is 65.0 Å². The van der Waals surface area contributed by atoms with Gasteiger partial charge >= 0.3 is 17.3 Å². The van der Waals surface area contributed by atoms with Crippen LogP contribution in [0.2, 0.25) is 0 Å². The number of allylic oxidation sites excluding steroid dienone is 1. The lowest BCUT2D eigenvalue weighted by Crippen LogP contribution is -2.50. The first-order chi connectivity index (χ1) is 13.7. The average molecular weight is 418 g/mol. The van der Waals surface area contributed by atoms with E-state index < -0.39 is 38.3 Å². The van der Waals surface area contributed by atoms with Gasteiger partial charge in [-0.1, -0.05) is 13.8 Å². The summed E-state index contributed by atoms with van der Waals surface area (Å²) in [7, 11) is 0. The maximum atomic E-state index is 13.0. The number of hydroxylamine groups is 2. The molecule has 1 atom stereocenters. The van der Waals surface area contributed by atoms with E-state index >= 15 is 0 Å². The molecular formula is C20H24N3O7. The Labute approximate surface area is 173 Å². The molecule has 1 unspecified atom stereocenters. The number of carbonyl (C=O) groups is 1. The third kappa shape index (κ3) is 3.56.